The summed E-state index contributed by atoms with van der Waals surface area (Å²) >= 11 is 1.45. The molecule has 1 atom stereocenters. The zero-order valence-corrected chi connectivity index (χ0v) is 12.9. The van der Waals surface area contributed by atoms with Crippen molar-refractivity contribution in [3.63, 3.8) is 0 Å². The third-order valence-corrected chi connectivity index (χ3v) is 4.68. The number of aliphatic carboxylic acids is 1. The van der Waals surface area contributed by atoms with Crippen molar-refractivity contribution in [1.82, 2.24) is 9.88 Å². The molecule has 0 bridgehead atoms. The summed E-state index contributed by atoms with van der Waals surface area (Å²) in [7, 11) is 1.64. The minimum absolute atomic E-state index is 0.129. The molecule has 0 aromatic carbocycles. The van der Waals surface area contributed by atoms with Crippen molar-refractivity contribution in [3.05, 3.63) is 15.6 Å². The first-order chi connectivity index (χ1) is 9.38. The Kier molecular flexibility index (Phi) is 4.42. The summed E-state index contributed by atoms with van der Waals surface area (Å²) < 4.78 is 0. The van der Waals surface area contributed by atoms with Gasteiger partial charge in [0, 0.05) is 20.0 Å². The van der Waals surface area contributed by atoms with Gasteiger partial charge in [0.1, 0.15) is 4.88 Å². The highest BCUT2D eigenvalue weighted by Crippen LogP contribution is 2.34. The maximum Gasteiger partial charge on any atom is 0.308 e. The summed E-state index contributed by atoms with van der Waals surface area (Å²) in [5.74, 6) is -0.841. The molecule has 1 saturated carbocycles. The lowest BCUT2D eigenvalue weighted by Crippen LogP contribution is -2.33. The largest absolute Gasteiger partial charge is 0.481 e. The minimum Gasteiger partial charge on any atom is -0.481 e. The third kappa shape index (κ3) is 3.56. The van der Waals surface area contributed by atoms with Crippen LogP contribution in [0, 0.1) is 18.8 Å². The highest BCUT2D eigenvalue weighted by atomic mass is 32.1. The quantitative estimate of drug-likeness (QED) is 0.873. The molecule has 1 N–H and O–H groups in total. The first-order valence-corrected chi connectivity index (χ1v) is 7.64. The number of thiazole rings is 1. The maximum absolute atomic E-state index is 12.3. The average Bonchev–Trinajstić information content (AvgIpc) is 3.10. The molecule has 1 unspecified atom stereocenters. The number of hydrogen-bond acceptors (Lipinski definition) is 4. The predicted octanol–water partition coefficient (Wildman–Crippen LogP) is 2.20. The SMILES string of the molecule is Cc1nc(CC2CC2)sc1C(=O)N(C)CC(C)C(=O)O. The fourth-order valence-electron chi connectivity index (χ4n) is 2.05. The molecule has 2 rings (SSSR count). The topological polar surface area (TPSA) is 70.5 Å². The molecule has 5 nitrogen and oxygen atoms in total. The normalized spacial score (nSPS) is 15.9. The van der Waals surface area contributed by atoms with E-state index in [4.69, 9.17) is 5.11 Å². The van der Waals surface area contributed by atoms with Gasteiger partial charge in [-0.1, -0.05) is 6.92 Å². The van der Waals surface area contributed by atoms with Crippen molar-refractivity contribution < 1.29 is 14.7 Å². The first-order valence-electron chi connectivity index (χ1n) is 6.83. The number of carboxylic acids is 1. The third-order valence-electron chi connectivity index (χ3n) is 3.51. The van der Waals surface area contributed by atoms with Gasteiger partial charge in [-0.3, -0.25) is 9.59 Å². The van der Waals surface area contributed by atoms with Crippen LogP contribution in [0.2, 0.25) is 0 Å². The van der Waals surface area contributed by atoms with Crippen molar-refractivity contribution in [2.45, 2.75) is 33.1 Å². The summed E-state index contributed by atoms with van der Waals surface area (Å²) in [4.78, 5) is 29.8. The van der Waals surface area contributed by atoms with Crippen LogP contribution in [0.5, 0.6) is 0 Å². The zero-order chi connectivity index (χ0) is 14.9. The number of amides is 1. The molecule has 1 fully saturated rings. The monoisotopic (exact) mass is 296 g/mol. The van der Waals surface area contributed by atoms with Crippen LogP contribution in [0.25, 0.3) is 0 Å². The Morgan fingerprint density at radius 2 is 2.15 bits per heavy atom. The Morgan fingerprint density at radius 1 is 1.50 bits per heavy atom. The van der Waals surface area contributed by atoms with Gasteiger partial charge in [-0.05, 0) is 25.7 Å². The van der Waals surface area contributed by atoms with Crippen LogP contribution in [0.1, 0.15) is 40.1 Å². The van der Waals surface area contributed by atoms with E-state index in [1.807, 2.05) is 6.92 Å². The number of carboxylic acid groups (broad SMARTS) is 1. The van der Waals surface area contributed by atoms with E-state index in [2.05, 4.69) is 4.98 Å². The predicted molar refractivity (Wildman–Crippen MR) is 77.0 cm³/mol. The van der Waals surface area contributed by atoms with Gasteiger partial charge >= 0.3 is 5.97 Å². The fourth-order valence-corrected chi connectivity index (χ4v) is 3.23. The van der Waals surface area contributed by atoms with E-state index in [-0.39, 0.29) is 12.5 Å². The molecule has 1 aromatic heterocycles. The molecule has 0 radical (unpaired) electrons. The summed E-state index contributed by atoms with van der Waals surface area (Å²) in [6.07, 6.45) is 3.49. The lowest BCUT2D eigenvalue weighted by atomic mass is 10.2. The van der Waals surface area contributed by atoms with E-state index >= 15 is 0 Å². The standard InChI is InChI=1S/C14H20N2O3S/c1-8(14(18)19)7-16(3)13(17)12-9(2)15-11(20-12)6-10-4-5-10/h8,10H,4-7H2,1-3H3,(H,18,19). The van der Waals surface area contributed by atoms with Gasteiger partial charge < -0.3 is 10.0 Å². The molecule has 1 aliphatic rings. The van der Waals surface area contributed by atoms with Gasteiger partial charge in [0.2, 0.25) is 0 Å². The molecule has 1 aromatic rings. The number of carbonyl (C=O) groups excluding carboxylic acids is 1. The van der Waals surface area contributed by atoms with Gasteiger partial charge in [-0.15, -0.1) is 11.3 Å². The molecule has 6 heteroatoms. The summed E-state index contributed by atoms with van der Waals surface area (Å²) in [5, 5.41) is 9.92. The van der Waals surface area contributed by atoms with E-state index in [1.54, 1.807) is 14.0 Å². The van der Waals surface area contributed by atoms with Gasteiger partial charge in [0.15, 0.2) is 0 Å². The number of hydrogen-bond donors (Lipinski definition) is 1. The van der Waals surface area contributed by atoms with Crippen LogP contribution in [0.4, 0.5) is 0 Å². The molecule has 110 valence electrons. The number of nitrogens with zero attached hydrogens (tertiary/aromatic N) is 2. The second-order valence-electron chi connectivity index (χ2n) is 5.59. The van der Waals surface area contributed by atoms with Crippen molar-refractivity contribution >= 4 is 23.2 Å². The van der Waals surface area contributed by atoms with Crippen molar-refractivity contribution in [1.29, 1.82) is 0 Å². The maximum atomic E-state index is 12.3. The lowest BCUT2D eigenvalue weighted by Gasteiger charge is -2.18. The van der Waals surface area contributed by atoms with E-state index in [9.17, 15) is 9.59 Å². The Morgan fingerprint density at radius 3 is 2.70 bits per heavy atom. The Balaban J connectivity index is 2.03. The molecule has 0 aliphatic heterocycles. The smallest absolute Gasteiger partial charge is 0.308 e. The fraction of sp³-hybridized carbons (Fsp3) is 0.643. The van der Waals surface area contributed by atoms with Crippen LogP contribution in [-0.4, -0.2) is 40.5 Å². The average molecular weight is 296 g/mol. The van der Waals surface area contributed by atoms with Crippen LogP contribution in [0.3, 0.4) is 0 Å². The van der Waals surface area contributed by atoms with Crippen LogP contribution in [-0.2, 0) is 11.2 Å². The van der Waals surface area contributed by atoms with Gasteiger partial charge in [-0.25, -0.2) is 4.98 Å². The summed E-state index contributed by atoms with van der Waals surface area (Å²) in [6, 6.07) is 0. The number of aryl methyl sites for hydroxylation is 1. The highest BCUT2D eigenvalue weighted by molar-refractivity contribution is 7.13. The summed E-state index contributed by atoms with van der Waals surface area (Å²) in [5.41, 5.74) is 0.755. The van der Waals surface area contributed by atoms with E-state index in [0.29, 0.717) is 4.88 Å². The van der Waals surface area contributed by atoms with Crippen LogP contribution < -0.4 is 0 Å². The van der Waals surface area contributed by atoms with Crippen molar-refractivity contribution in [2.75, 3.05) is 13.6 Å². The highest BCUT2D eigenvalue weighted by Gasteiger charge is 2.26. The first kappa shape index (κ1) is 15.0. The van der Waals surface area contributed by atoms with Crippen molar-refractivity contribution in [2.24, 2.45) is 11.8 Å². The molecular weight excluding hydrogens is 276 g/mol. The molecule has 20 heavy (non-hydrogen) atoms. The molecule has 1 amide bonds. The van der Waals surface area contributed by atoms with Crippen LogP contribution in [0.15, 0.2) is 0 Å². The number of carbonyl (C=O) groups is 2. The molecule has 1 heterocycles. The van der Waals surface area contributed by atoms with Gasteiger partial charge in [0.25, 0.3) is 5.91 Å². The van der Waals surface area contributed by atoms with Crippen LogP contribution >= 0.6 is 11.3 Å². The van der Waals surface area contributed by atoms with E-state index < -0.39 is 11.9 Å². The zero-order valence-electron chi connectivity index (χ0n) is 12.0. The van der Waals surface area contributed by atoms with Crippen molar-refractivity contribution in [3.8, 4) is 0 Å². The van der Waals surface area contributed by atoms with Gasteiger partial charge in [0.05, 0.1) is 16.6 Å². The minimum atomic E-state index is -0.889. The lowest BCUT2D eigenvalue weighted by molar-refractivity contribution is -0.141. The molecular formula is C14H20N2O3S. The van der Waals surface area contributed by atoms with E-state index in [0.717, 1.165) is 23.0 Å². The second-order valence-corrected chi connectivity index (χ2v) is 6.68. The summed E-state index contributed by atoms with van der Waals surface area (Å²) in [6.45, 7) is 3.65. The Hall–Kier alpha value is -1.43. The molecule has 1 aliphatic carbocycles. The Bertz CT molecular complexity index is 522. The number of aromatic nitrogens is 1. The van der Waals surface area contributed by atoms with Gasteiger partial charge in [-0.2, -0.15) is 0 Å². The Labute approximate surface area is 122 Å². The molecule has 0 saturated heterocycles. The second kappa shape index (κ2) is 5.91. The molecule has 0 spiro atoms. The van der Waals surface area contributed by atoms with E-state index in [1.165, 1.54) is 29.1 Å². The number of rotatable bonds is 6.